The summed E-state index contributed by atoms with van der Waals surface area (Å²) < 4.78 is 30.7. The van der Waals surface area contributed by atoms with E-state index in [9.17, 15) is 4.39 Å². The number of hydrogen-bond donors (Lipinski definition) is 2. The molecule has 172 valence electrons. The smallest absolute Gasteiger partial charge is 0.191 e. The van der Waals surface area contributed by atoms with Crippen molar-refractivity contribution in [2.24, 2.45) is 4.99 Å². The predicted octanol–water partition coefficient (Wildman–Crippen LogP) is 4.89. The summed E-state index contributed by atoms with van der Waals surface area (Å²) in [7, 11) is 0. The van der Waals surface area contributed by atoms with Crippen LogP contribution in [0, 0.1) is 5.82 Å². The van der Waals surface area contributed by atoms with Crippen molar-refractivity contribution in [2.45, 2.75) is 26.5 Å². The number of guanidine groups is 1. The maximum Gasteiger partial charge on any atom is 0.191 e. The molecule has 0 saturated heterocycles. The molecule has 0 aliphatic heterocycles. The van der Waals surface area contributed by atoms with E-state index in [0.717, 1.165) is 24.3 Å². The van der Waals surface area contributed by atoms with Gasteiger partial charge in [-0.2, -0.15) is 0 Å². The van der Waals surface area contributed by atoms with E-state index in [1.807, 2.05) is 19.1 Å². The molecule has 2 heterocycles. The molecule has 0 unspecified atom stereocenters. The van der Waals surface area contributed by atoms with Gasteiger partial charge in [0, 0.05) is 25.9 Å². The molecule has 9 heteroatoms. The number of furan rings is 1. The average Bonchev–Trinajstić information content (AvgIpc) is 3.30. The van der Waals surface area contributed by atoms with Crippen molar-refractivity contribution in [1.29, 1.82) is 0 Å². The first-order valence-electron chi connectivity index (χ1n) is 10.2. The van der Waals surface area contributed by atoms with E-state index in [4.69, 9.17) is 13.9 Å². The quantitative estimate of drug-likeness (QED) is 0.152. The van der Waals surface area contributed by atoms with Crippen LogP contribution in [0.5, 0.6) is 11.5 Å². The van der Waals surface area contributed by atoms with Gasteiger partial charge in [-0.25, -0.2) is 9.38 Å². The molecule has 3 aromatic rings. The number of nitrogens with one attached hydrogen (secondary N) is 2. The molecule has 3 rings (SSSR count). The highest BCUT2D eigenvalue weighted by atomic mass is 127. The molecule has 2 aromatic heterocycles. The summed E-state index contributed by atoms with van der Waals surface area (Å²) in [5, 5.41) is 6.44. The molecular weight excluding hydrogens is 526 g/mol. The lowest BCUT2D eigenvalue weighted by atomic mass is 10.2. The monoisotopic (exact) mass is 554 g/mol. The lowest BCUT2D eigenvalue weighted by Crippen LogP contribution is -2.38. The number of hydrogen-bond acceptors (Lipinski definition) is 5. The zero-order valence-corrected chi connectivity index (χ0v) is 20.3. The predicted molar refractivity (Wildman–Crippen MR) is 132 cm³/mol. The van der Waals surface area contributed by atoms with Crippen LogP contribution in [0.4, 0.5) is 4.39 Å². The fraction of sp³-hybridized carbons (Fsp3) is 0.304. The zero-order chi connectivity index (χ0) is 21.7. The number of aliphatic imine (C=N–C) groups is 1. The lowest BCUT2D eigenvalue weighted by Gasteiger charge is -2.12. The molecule has 32 heavy (non-hydrogen) atoms. The summed E-state index contributed by atoms with van der Waals surface area (Å²) in [6, 6.07) is 12.0. The molecule has 0 aliphatic rings. The number of ether oxygens (including phenoxy) is 2. The first-order chi connectivity index (χ1) is 15.2. The second kappa shape index (κ2) is 14.4. The molecule has 7 nitrogen and oxygen atoms in total. The fourth-order valence-corrected chi connectivity index (χ4v) is 2.72. The Kier molecular flexibility index (Phi) is 11.5. The first-order valence-corrected chi connectivity index (χ1v) is 10.2. The molecule has 0 bridgehead atoms. The Balaban J connectivity index is 0.00000363. The van der Waals surface area contributed by atoms with Gasteiger partial charge in [-0.15, -0.1) is 24.0 Å². The number of benzene rings is 1. The van der Waals surface area contributed by atoms with E-state index < -0.39 is 5.82 Å². The Morgan fingerprint density at radius 3 is 2.81 bits per heavy atom. The number of nitrogens with zero attached hydrogens (tertiary/aromatic N) is 2. The van der Waals surface area contributed by atoms with E-state index in [2.05, 4.69) is 20.6 Å². The van der Waals surface area contributed by atoms with Gasteiger partial charge in [-0.1, -0.05) is 6.07 Å². The van der Waals surface area contributed by atoms with Crippen molar-refractivity contribution in [3.05, 3.63) is 78.3 Å². The minimum absolute atomic E-state index is 0. The molecular formula is C23H28FIN4O3. The van der Waals surface area contributed by atoms with Crippen molar-refractivity contribution >= 4 is 29.9 Å². The van der Waals surface area contributed by atoms with Gasteiger partial charge < -0.3 is 24.5 Å². The molecule has 1 aromatic carbocycles. The summed E-state index contributed by atoms with van der Waals surface area (Å²) in [4.78, 5) is 8.47. The van der Waals surface area contributed by atoms with E-state index in [0.29, 0.717) is 38.0 Å². The van der Waals surface area contributed by atoms with Crippen molar-refractivity contribution in [2.75, 3.05) is 19.7 Å². The Labute approximate surface area is 204 Å². The summed E-state index contributed by atoms with van der Waals surface area (Å²) >= 11 is 0. The SMILES string of the molecule is CCNC(=NCc1ccc(Oc2cccnc2)c(F)c1)NCCCOCc1ccco1.I. The first kappa shape index (κ1) is 25.6. The highest BCUT2D eigenvalue weighted by Gasteiger charge is 2.07. The molecule has 0 radical (unpaired) electrons. The van der Waals surface area contributed by atoms with Crippen LogP contribution >= 0.6 is 24.0 Å². The highest BCUT2D eigenvalue weighted by molar-refractivity contribution is 14.0. The van der Waals surface area contributed by atoms with Crippen LogP contribution in [-0.2, 0) is 17.9 Å². The van der Waals surface area contributed by atoms with Crippen LogP contribution in [-0.4, -0.2) is 30.6 Å². The minimum atomic E-state index is -0.441. The summed E-state index contributed by atoms with van der Waals surface area (Å²) in [5.74, 6) is 1.68. The summed E-state index contributed by atoms with van der Waals surface area (Å²) in [5.41, 5.74) is 0.745. The maximum absolute atomic E-state index is 14.4. The third kappa shape index (κ3) is 8.83. The highest BCUT2D eigenvalue weighted by Crippen LogP contribution is 2.24. The molecule has 0 spiro atoms. The number of pyridine rings is 1. The van der Waals surface area contributed by atoms with E-state index in [1.165, 1.54) is 12.3 Å². The number of rotatable bonds is 11. The van der Waals surface area contributed by atoms with Gasteiger partial charge in [0.1, 0.15) is 18.1 Å². The standard InChI is InChI=1S/C23H27FN4O3.HI/c1-2-26-23(27-11-5-12-29-17-20-7-4-13-30-20)28-15-18-8-9-22(21(24)14-18)31-19-6-3-10-25-16-19;/h3-4,6-10,13-14,16H,2,5,11-12,15,17H2,1H3,(H2,26,27,28);1H. The zero-order valence-electron chi connectivity index (χ0n) is 17.9. The molecule has 2 N–H and O–H groups in total. The summed E-state index contributed by atoms with van der Waals surface area (Å²) in [6.07, 6.45) is 5.62. The van der Waals surface area contributed by atoms with Crippen molar-refractivity contribution in [1.82, 2.24) is 15.6 Å². The summed E-state index contributed by atoms with van der Waals surface area (Å²) in [6.45, 7) is 4.84. The Morgan fingerprint density at radius 2 is 2.09 bits per heavy atom. The van der Waals surface area contributed by atoms with Gasteiger partial charge in [0.2, 0.25) is 0 Å². The van der Waals surface area contributed by atoms with E-state index in [-0.39, 0.29) is 29.7 Å². The van der Waals surface area contributed by atoms with Gasteiger partial charge in [0.05, 0.1) is 19.0 Å². The second-order valence-corrected chi connectivity index (χ2v) is 6.66. The fourth-order valence-electron chi connectivity index (χ4n) is 2.72. The lowest BCUT2D eigenvalue weighted by molar-refractivity contribution is 0.105. The van der Waals surface area contributed by atoms with Crippen LogP contribution < -0.4 is 15.4 Å². The van der Waals surface area contributed by atoms with Crippen molar-refractivity contribution < 1.29 is 18.3 Å². The minimum Gasteiger partial charge on any atom is -0.467 e. The third-order valence-corrected chi connectivity index (χ3v) is 4.20. The van der Waals surface area contributed by atoms with E-state index >= 15 is 0 Å². The van der Waals surface area contributed by atoms with Gasteiger partial charge >= 0.3 is 0 Å². The normalized spacial score (nSPS) is 11.0. The van der Waals surface area contributed by atoms with Gasteiger partial charge in [-0.05, 0) is 55.3 Å². The van der Waals surface area contributed by atoms with Crippen LogP contribution in [0.25, 0.3) is 0 Å². The number of halogens is 2. The largest absolute Gasteiger partial charge is 0.467 e. The van der Waals surface area contributed by atoms with Crippen LogP contribution in [0.15, 0.2) is 70.5 Å². The van der Waals surface area contributed by atoms with E-state index in [1.54, 1.807) is 36.7 Å². The van der Waals surface area contributed by atoms with Crippen molar-refractivity contribution in [3.8, 4) is 11.5 Å². The second-order valence-electron chi connectivity index (χ2n) is 6.66. The molecule has 0 fully saturated rings. The molecule has 0 aliphatic carbocycles. The van der Waals surface area contributed by atoms with Crippen LogP contribution in [0.2, 0.25) is 0 Å². The topological polar surface area (TPSA) is 80.9 Å². The van der Waals surface area contributed by atoms with Gasteiger partial charge in [0.25, 0.3) is 0 Å². The molecule has 0 saturated carbocycles. The third-order valence-electron chi connectivity index (χ3n) is 4.20. The number of aromatic nitrogens is 1. The molecule has 0 amide bonds. The Hall–Kier alpha value is -2.66. The van der Waals surface area contributed by atoms with Crippen molar-refractivity contribution in [3.63, 3.8) is 0 Å². The van der Waals surface area contributed by atoms with Gasteiger partial charge in [-0.3, -0.25) is 4.98 Å². The molecule has 0 atom stereocenters. The Bertz CT molecular complexity index is 940. The van der Waals surface area contributed by atoms with Crippen LogP contribution in [0.3, 0.4) is 0 Å². The maximum atomic E-state index is 14.4. The van der Waals surface area contributed by atoms with Gasteiger partial charge in [0.15, 0.2) is 17.5 Å². The Morgan fingerprint density at radius 1 is 1.19 bits per heavy atom. The average molecular weight is 554 g/mol. The van der Waals surface area contributed by atoms with Crippen LogP contribution in [0.1, 0.15) is 24.7 Å².